The van der Waals surface area contributed by atoms with Gasteiger partial charge in [0.25, 0.3) is 10.0 Å². The normalized spacial score (nSPS) is 17.3. The summed E-state index contributed by atoms with van der Waals surface area (Å²) in [6.07, 6.45) is -0.258. The van der Waals surface area contributed by atoms with Gasteiger partial charge < -0.3 is 14.9 Å². The van der Waals surface area contributed by atoms with E-state index in [4.69, 9.17) is 16.7 Å². The highest BCUT2D eigenvalue weighted by molar-refractivity contribution is 7.92. The van der Waals surface area contributed by atoms with Gasteiger partial charge in [-0.3, -0.25) is 4.72 Å². The number of likely N-dealkylation sites (tertiary alicyclic amines) is 1. The van der Waals surface area contributed by atoms with Crippen molar-refractivity contribution in [2.24, 2.45) is 0 Å². The van der Waals surface area contributed by atoms with Crippen molar-refractivity contribution >= 4 is 50.6 Å². The highest BCUT2D eigenvalue weighted by atomic mass is 35.5. The third-order valence-corrected chi connectivity index (χ3v) is 6.50. The van der Waals surface area contributed by atoms with Gasteiger partial charge in [0.15, 0.2) is 5.82 Å². The molecule has 2 N–H and O–H groups in total. The number of nitrogens with one attached hydrogen (secondary N) is 1. The number of nitrogens with zero attached hydrogens (tertiary/aromatic N) is 3. The molecular formula is C15H17ClN4O4S2. The second-order valence-electron chi connectivity index (χ2n) is 5.87. The Hall–Kier alpha value is -2.04. The van der Waals surface area contributed by atoms with Gasteiger partial charge >= 0.3 is 6.09 Å². The number of sulfonamides is 1. The molecule has 0 saturated carbocycles. The van der Waals surface area contributed by atoms with Crippen molar-refractivity contribution in [2.75, 3.05) is 29.8 Å². The van der Waals surface area contributed by atoms with E-state index in [1.807, 2.05) is 11.9 Å². The first kappa shape index (κ1) is 18.7. The average molecular weight is 417 g/mol. The van der Waals surface area contributed by atoms with Crippen molar-refractivity contribution in [1.82, 2.24) is 9.88 Å². The van der Waals surface area contributed by atoms with E-state index in [2.05, 4.69) is 9.71 Å². The van der Waals surface area contributed by atoms with E-state index >= 15 is 0 Å². The maximum atomic E-state index is 12.4. The molecule has 0 aliphatic carbocycles. The van der Waals surface area contributed by atoms with Crippen LogP contribution in [0.4, 0.5) is 16.3 Å². The minimum Gasteiger partial charge on any atom is -0.465 e. The number of benzene rings is 1. The van der Waals surface area contributed by atoms with Crippen LogP contribution in [0.1, 0.15) is 6.42 Å². The number of likely N-dealkylation sites (N-methyl/N-ethyl adjacent to an activating group) is 1. The van der Waals surface area contributed by atoms with Crippen LogP contribution in [0.3, 0.4) is 0 Å². The van der Waals surface area contributed by atoms with Crippen LogP contribution in [0.25, 0.3) is 0 Å². The van der Waals surface area contributed by atoms with Crippen molar-refractivity contribution in [1.29, 1.82) is 0 Å². The largest absolute Gasteiger partial charge is 0.465 e. The molecule has 26 heavy (non-hydrogen) atoms. The second-order valence-corrected chi connectivity index (χ2v) is 8.68. The zero-order valence-electron chi connectivity index (χ0n) is 13.8. The summed E-state index contributed by atoms with van der Waals surface area (Å²) in [5, 5.41) is 10.9. The van der Waals surface area contributed by atoms with Crippen molar-refractivity contribution in [3.63, 3.8) is 0 Å². The molecule has 1 atom stereocenters. The van der Waals surface area contributed by atoms with Crippen LogP contribution in [0.15, 0.2) is 34.0 Å². The summed E-state index contributed by atoms with van der Waals surface area (Å²) in [7, 11) is -1.96. The standard InChI is InChI=1S/C15H17ClN4O4S2/c1-19(10-4-5-20(7-10)15(21)22)13-3-2-11(6-12(13)16)26(23,24)18-14-8-25-9-17-14/h2-3,6,8-10,18H,4-5,7H2,1H3,(H,21,22). The van der Waals surface area contributed by atoms with Crippen LogP contribution in [0.5, 0.6) is 0 Å². The lowest BCUT2D eigenvalue weighted by atomic mass is 10.2. The van der Waals surface area contributed by atoms with Crippen LogP contribution in [-0.2, 0) is 10.0 Å². The number of anilines is 2. The summed E-state index contributed by atoms with van der Waals surface area (Å²) in [5.41, 5.74) is 2.18. The number of hydrogen-bond donors (Lipinski definition) is 2. The number of carbonyl (C=O) groups is 1. The summed E-state index contributed by atoms with van der Waals surface area (Å²) < 4.78 is 27.2. The Morgan fingerprint density at radius 1 is 1.50 bits per heavy atom. The van der Waals surface area contributed by atoms with Crippen LogP contribution < -0.4 is 9.62 Å². The number of aromatic nitrogens is 1. The molecule has 1 aromatic heterocycles. The molecule has 1 aliphatic heterocycles. The predicted octanol–water partition coefficient (Wildman–Crippen LogP) is 2.79. The van der Waals surface area contributed by atoms with Crippen molar-refractivity contribution in [2.45, 2.75) is 17.4 Å². The number of rotatable bonds is 5. The van der Waals surface area contributed by atoms with E-state index in [0.29, 0.717) is 25.2 Å². The molecule has 2 aromatic rings. The van der Waals surface area contributed by atoms with Gasteiger partial charge in [-0.1, -0.05) is 11.6 Å². The molecule has 11 heteroatoms. The lowest BCUT2D eigenvalue weighted by Gasteiger charge is -2.27. The van der Waals surface area contributed by atoms with Crippen molar-refractivity contribution < 1.29 is 18.3 Å². The number of hydrogen-bond acceptors (Lipinski definition) is 6. The Balaban J connectivity index is 1.78. The van der Waals surface area contributed by atoms with Gasteiger partial charge in [0, 0.05) is 31.6 Å². The topological polar surface area (TPSA) is 103 Å². The summed E-state index contributed by atoms with van der Waals surface area (Å²) >= 11 is 7.60. The molecule has 8 nitrogen and oxygen atoms in total. The smallest absolute Gasteiger partial charge is 0.407 e. The third kappa shape index (κ3) is 3.87. The van der Waals surface area contributed by atoms with Gasteiger partial charge in [-0.2, -0.15) is 0 Å². The molecule has 0 spiro atoms. The second kappa shape index (κ2) is 7.29. The molecule has 1 unspecified atom stereocenters. The van der Waals surface area contributed by atoms with Crippen LogP contribution >= 0.6 is 22.9 Å². The van der Waals surface area contributed by atoms with Gasteiger partial charge in [0.2, 0.25) is 0 Å². The minimum atomic E-state index is -3.78. The molecule has 0 bridgehead atoms. The summed E-state index contributed by atoms with van der Waals surface area (Å²) in [6.45, 7) is 0.847. The molecule has 1 amide bonds. The molecule has 140 valence electrons. The number of amides is 1. The van der Waals surface area contributed by atoms with Gasteiger partial charge in [0.1, 0.15) is 0 Å². The predicted molar refractivity (Wildman–Crippen MR) is 101 cm³/mol. The van der Waals surface area contributed by atoms with Crippen LogP contribution in [0.2, 0.25) is 5.02 Å². The van der Waals surface area contributed by atoms with E-state index in [9.17, 15) is 13.2 Å². The van der Waals surface area contributed by atoms with E-state index in [0.717, 1.165) is 0 Å². The monoisotopic (exact) mass is 416 g/mol. The first-order valence-electron chi connectivity index (χ1n) is 7.69. The molecular weight excluding hydrogens is 400 g/mol. The van der Waals surface area contributed by atoms with Gasteiger partial charge in [-0.05, 0) is 24.6 Å². The first-order valence-corrected chi connectivity index (χ1v) is 10.5. The number of halogens is 1. The molecule has 0 radical (unpaired) electrons. The van der Waals surface area contributed by atoms with E-state index in [1.54, 1.807) is 11.4 Å². The Morgan fingerprint density at radius 2 is 2.27 bits per heavy atom. The van der Waals surface area contributed by atoms with E-state index < -0.39 is 16.1 Å². The lowest BCUT2D eigenvalue weighted by molar-refractivity contribution is 0.155. The maximum Gasteiger partial charge on any atom is 0.407 e. The number of thiazole rings is 1. The lowest BCUT2D eigenvalue weighted by Crippen LogP contribution is -2.36. The van der Waals surface area contributed by atoms with Crippen LogP contribution in [-0.4, -0.2) is 55.7 Å². The Kier molecular flexibility index (Phi) is 5.26. The molecule has 1 aliphatic rings. The number of carboxylic acid groups (broad SMARTS) is 1. The zero-order chi connectivity index (χ0) is 18.9. The fourth-order valence-corrected chi connectivity index (χ4v) is 4.79. The highest BCUT2D eigenvalue weighted by Crippen LogP contribution is 2.31. The summed E-state index contributed by atoms with van der Waals surface area (Å²) in [5.74, 6) is 0.257. The average Bonchev–Trinajstić information content (AvgIpc) is 3.25. The van der Waals surface area contributed by atoms with Crippen LogP contribution in [0, 0.1) is 0 Å². The SMILES string of the molecule is CN(c1ccc(S(=O)(=O)Nc2cscn2)cc1Cl)C1CCN(C(=O)O)C1. The molecule has 2 heterocycles. The molecule has 1 aromatic carbocycles. The highest BCUT2D eigenvalue weighted by Gasteiger charge is 2.30. The Morgan fingerprint density at radius 3 is 2.85 bits per heavy atom. The quantitative estimate of drug-likeness (QED) is 0.776. The summed E-state index contributed by atoms with van der Waals surface area (Å²) in [4.78, 5) is 18.2. The molecule has 3 rings (SSSR count). The maximum absolute atomic E-state index is 12.4. The Bertz CT molecular complexity index is 904. The fraction of sp³-hybridized carbons (Fsp3) is 0.333. The third-order valence-electron chi connectivity index (χ3n) is 4.26. The van der Waals surface area contributed by atoms with Crippen molar-refractivity contribution in [3.8, 4) is 0 Å². The Labute approximate surface area is 160 Å². The zero-order valence-corrected chi connectivity index (χ0v) is 16.2. The summed E-state index contributed by atoms with van der Waals surface area (Å²) in [6, 6.07) is 4.46. The molecule has 1 saturated heterocycles. The van der Waals surface area contributed by atoms with Gasteiger partial charge in [0.05, 0.1) is 21.1 Å². The van der Waals surface area contributed by atoms with E-state index in [1.165, 1.54) is 33.9 Å². The fourth-order valence-electron chi connectivity index (χ4n) is 2.83. The van der Waals surface area contributed by atoms with Gasteiger partial charge in [-0.25, -0.2) is 18.2 Å². The molecule has 1 fully saturated rings. The van der Waals surface area contributed by atoms with E-state index in [-0.39, 0.29) is 21.8 Å². The minimum absolute atomic E-state index is 0.0146. The van der Waals surface area contributed by atoms with Gasteiger partial charge in [-0.15, -0.1) is 11.3 Å². The van der Waals surface area contributed by atoms with Crippen molar-refractivity contribution in [3.05, 3.63) is 34.1 Å². The first-order chi connectivity index (χ1) is 12.3.